The van der Waals surface area contributed by atoms with E-state index < -0.39 is 0 Å². The first-order valence-corrected chi connectivity index (χ1v) is 12.3. The summed E-state index contributed by atoms with van der Waals surface area (Å²) in [4.78, 5) is 9.47. The third-order valence-electron chi connectivity index (χ3n) is 5.62. The van der Waals surface area contributed by atoms with Crippen molar-refractivity contribution in [3.05, 3.63) is 107 Å². The maximum atomic E-state index is 4.84. The van der Waals surface area contributed by atoms with Gasteiger partial charge in [-0.1, -0.05) is 91.0 Å². The van der Waals surface area contributed by atoms with Gasteiger partial charge in [-0.2, -0.15) is 0 Å². The lowest BCUT2D eigenvalue weighted by Gasteiger charge is -2.08. The van der Waals surface area contributed by atoms with Crippen molar-refractivity contribution in [2.24, 2.45) is 0 Å². The summed E-state index contributed by atoms with van der Waals surface area (Å²) in [5, 5.41) is 2.65. The lowest BCUT2D eigenvalue weighted by atomic mass is 10.0. The highest BCUT2D eigenvalue weighted by Crippen LogP contribution is 2.40. The van der Waals surface area contributed by atoms with Crippen LogP contribution in [0.2, 0.25) is 0 Å². The van der Waals surface area contributed by atoms with Gasteiger partial charge in [0.25, 0.3) is 0 Å². The van der Waals surface area contributed by atoms with E-state index in [4.69, 9.17) is 4.98 Å². The summed E-state index contributed by atoms with van der Waals surface area (Å²) < 4.78 is 3.60. The second kappa shape index (κ2) is 8.11. The maximum absolute atomic E-state index is 4.84. The van der Waals surface area contributed by atoms with Gasteiger partial charge in [0.1, 0.15) is 3.70 Å². The van der Waals surface area contributed by atoms with Crippen LogP contribution in [-0.4, -0.2) is 9.97 Å². The summed E-state index contributed by atoms with van der Waals surface area (Å²) in [5.74, 6) is 0.756. The summed E-state index contributed by atoms with van der Waals surface area (Å²) in [6.45, 7) is 0. The zero-order chi connectivity index (χ0) is 21.5. The van der Waals surface area contributed by atoms with E-state index in [0.29, 0.717) is 0 Å². The van der Waals surface area contributed by atoms with Gasteiger partial charge in [0.15, 0.2) is 5.82 Å². The smallest absolute Gasteiger partial charge is 0.160 e. The van der Waals surface area contributed by atoms with Crippen molar-refractivity contribution in [3.63, 3.8) is 0 Å². The SMILES string of the molecule is Ic1cc(-c2ccc(-c3cccc4c3sc3ccccc34)cc2)nc(-c2ccccc2)n1. The zero-order valence-corrected chi connectivity index (χ0v) is 20.0. The van der Waals surface area contributed by atoms with Crippen LogP contribution in [0, 0.1) is 3.70 Å². The minimum absolute atomic E-state index is 0.756. The number of nitrogens with zero attached hydrogens (tertiary/aromatic N) is 2. The molecule has 0 unspecified atom stereocenters. The Morgan fingerprint density at radius 2 is 1.31 bits per heavy atom. The molecule has 0 aliphatic rings. The number of hydrogen-bond acceptors (Lipinski definition) is 3. The number of hydrogen-bond donors (Lipinski definition) is 0. The zero-order valence-electron chi connectivity index (χ0n) is 17.0. The topological polar surface area (TPSA) is 25.8 Å². The van der Waals surface area contributed by atoms with Crippen LogP contribution >= 0.6 is 33.9 Å². The average Bonchev–Trinajstić information content (AvgIpc) is 3.23. The number of benzene rings is 4. The Hall–Kier alpha value is -3.09. The Kier molecular flexibility index (Phi) is 4.97. The average molecular weight is 540 g/mol. The van der Waals surface area contributed by atoms with Gasteiger partial charge < -0.3 is 0 Å². The molecule has 152 valence electrons. The van der Waals surface area contributed by atoms with Gasteiger partial charge in [0.05, 0.1) is 5.69 Å². The first-order valence-electron chi connectivity index (χ1n) is 10.4. The van der Waals surface area contributed by atoms with Gasteiger partial charge in [0, 0.05) is 31.3 Å². The Labute approximate surface area is 203 Å². The fourth-order valence-electron chi connectivity index (χ4n) is 4.08. The first kappa shape index (κ1) is 19.6. The van der Waals surface area contributed by atoms with Crippen LogP contribution in [0.5, 0.6) is 0 Å². The highest BCUT2D eigenvalue weighted by molar-refractivity contribution is 14.1. The second-order valence-corrected chi connectivity index (χ2v) is 9.78. The number of aromatic nitrogens is 2. The molecule has 0 radical (unpaired) electrons. The van der Waals surface area contributed by atoms with Crippen LogP contribution in [0.25, 0.3) is 53.9 Å². The Morgan fingerprint density at radius 1 is 0.594 bits per heavy atom. The lowest BCUT2D eigenvalue weighted by molar-refractivity contribution is 1.15. The summed E-state index contributed by atoms with van der Waals surface area (Å²) in [7, 11) is 0. The molecule has 0 aliphatic heterocycles. The molecule has 2 heterocycles. The fourth-order valence-corrected chi connectivity index (χ4v) is 5.84. The molecule has 32 heavy (non-hydrogen) atoms. The van der Waals surface area contributed by atoms with Crippen LogP contribution in [0.3, 0.4) is 0 Å². The highest BCUT2D eigenvalue weighted by atomic mass is 127. The molecule has 0 spiro atoms. The number of thiophene rings is 1. The van der Waals surface area contributed by atoms with E-state index >= 15 is 0 Å². The molecule has 0 saturated heterocycles. The highest BCUT2D eigenvalue weighted by Gasteiger charge is 2.11. The quantitative estimate of drug-likeness (QED) is 0.166. The van der Waals surface area contributed by atoms with E-state index in [1.54, 1.807) is 0 Å². The second-order valence-electron chi connectivity index (χ2n) is 7.62. The minimum Gasteiger partial charge on any atom is -0.228 e. The van der Waals surface area contributed by atoms with E-state index in [9.17, 15) is 0 Å². The molecular formula is C28H17IN2S. The standard InChI is InChI=1S/C28H17IN2S/c29-26-17-24(30-28(31-26)20-7-2-1-3-8-20)19-15-13-18(14-16-19)21-10-6-11-23-22-9-4-5-12-25(22)32-27(21)23/h1-17H. The molecular weight excluding hydrogens is 523 g/mol. The molecule has 6 aromatic rings. The molecule has 0 bridgehead atoms. The van der Waals surface area contributed by atoms with Crippen molar-refractivity contribution in [2.45, 2.75) is 0 Å². The molecule has 2 aromatic heterocycles. The van der Waals surface area contributed by atoms with Crippen molar-refractivity contribution in [2.75, 3.05) is 0 Å². The van der Waals surface area contributed by atoms with Crippen molar-refractivity contribution >= 4 is 54.1 Å². The molecule has 4 aromatic carbocycles. The Bertz CT molecular complexity index is 1570. The molecule has 0 amide bonds. The van der Waals surface area contributed by atoms with Crippen LogP contribution in [0.15, 0.2) is 103 Å². The molecule has 2 nitrogen and oxygen atoms in total. The molecule has 6 rings (SSSR count). The van der Waals surface area contributed by atoms with Gasteiger partial charge in [-0.15, -0.1) is 11.3 Å². The van der Waals surface area contributed by atoms with Crippen molar-refractivity contribution in [1.29, 1.82) is 0 Å². The van der Waals surface area contributed by atoms with Gasteiger partial charge in [-0.05, 0) is 45.9 Å². The lowest BCUT2D eigenvalue weighted by Crippen LogP contribution is -1.95. The molecule has 0 saturated carbocycles. The predicted molar refractivity (Wildman–Crippen MR) is 144 cm³/mol. The van der Waals surface area contributed by atoms with Gasteiger partial charge in [-0.3, -0.25) is 0 Å². The van der Waals surface area contributed by atoms with Crippen LogP contribution < -0.4 is 0 Å². The maximum Gasteiger partial charge on any atom is 0.160 e. The van der Waals surface area contributed by atoms with E-state index in [1.807, 2.05) is 47.7 Å². The molecule has 0 atom stereocenters. The van der Waals surface area contributed by atoms with Gasteiger partial charge in [-0.25, -0.2) is 9.97 Å². The monoisotopic (exact) mass is 540 g/mol. The molecule has 0 aliphatic carbocycles. The third kappa shape index (κ3) is 3.49. The normalized spacial score (nSPS) is 11.3. The summed E-state index contributed by atoms with van der Waals surface area (Å²) in [5.41, 5.74) is 5.56. The fraction of sp³-hybridized carbons (Fsp3) is 0. The number of rotatable bonds is 3. The van der Waals surface area contributed by atoms with Crippen LogP contribution in [-0.2, 0) is 0 Å². The largest absolute Gasteiger partial charge is 0.228 e. The Morgan fingerprint density at radius 3 is 2.16 bits per heavy atom. The van der Waals surface area contributed by atoms with E-state index in [1.165, 1.54) is 31.3 Å². The third-order valence-corrected chi connectivity index (χ3v) is 7.40. The molecule has 0 N–H and O–H groups in total. The number of halogens is 1. The summed E-state index contributed by atoms with van der Waals surface area (Å²) in [6.07, 6.45) is 0. The molecule has 0 fully saturated rings. The first-order chi connectivity index (χ1) is 15.8. The summed E-state index contributed by atoms with van der Waals surface area (Å²) in [6, 6.07) is 36.1. The Balaban J connectivity index is 1.42. The van der Waals surface area contributed by atoms with E-state index in [2.05, 4.69) is 94.3 Å². The van der Waals surface area contributed by atoms with Gasteiger partial charge >= 0.3 is 0 Å². The van der Waals surface area contributed by atoms with Crippen LogP contribution in [0.4, 0.5) is 0 Å². The number of fused-ring (bicyclic) bond motifs is 3. The predicted octanol–water partition coefficient (Wildman–Crippen LogP) is 8.45. The van der Waals surface area contributed by atoms with E-state index in [-0.39, 0.29) is 0 Å². The minimum atomic E-state index is 0.756. The molecule has 4 heteroatoms. The van der Waals surface area contributed by atoms with Gasteiger partial charge in [0.2, 0.25) is 0 Å². The van der Waals surface area contributed by atoms with Crippen molar-refractivity contribution in [1.82, 2.24) is 9.97 Å². The van der Waals surface area contributed by atoms with E-state index in [0.717, 1.165) is 26.3 Å². The summed E-state index contributed by atoms with van der Waals surface area (Å²) >= 11 is 4.13. The van der Waals surface area contributed by atoms with Crippen molar-refractivity contribution < 1.29 is 0 Å². The van der Waals surface area contributed by atoms with Crippen LogP contribution in [0.1, 0.15) is 0 Å². The van der Waals surface area contributed by atoms with Crippen molar-refractivity contribution in [3.8, 4) is 33.8 Å².